The van der Waals surface area contributed by atoms with Crippen LogP contribution in [0.25, 0.3) is 0 Å². The second kappa shape index (κ2) is 7.41. The Bertz CT molecular complexity index is 454. The van der Waals surface area contributed by atoms with Crippen LogP contribution in [0.2, 0.25) is 0 Å². The van der Waals surface area contributed by atoms with Crippen LogP contribution in [0.1, 0.15) is 30.4 Å². The quantitative estimate of drug-likeness (QED) is 0.784. The second-order valence-electron chi connectivity index (χ2n) is 5.46. The van der Waals surface area contributed by atoms with Crippen LogP contribution in [0.15, 0.2) is 18.2 Å². The Morgan fingerprint density at radius 3 is 2.95 bits per heavy atom. The molecule has 110 valence electrons. The lowest BCUT2D eigenvalue weighted by Gasteiger charge is -2.11. The Morgan fingerprint density at radius 2 is 2.25 bits per heavy atom. The number of nitrogens with one attached hydrogen (secondary N) is 2. The highest BCUT2D eigenvalue weighted by atomic mass is 16.5. The van der Waals surface area contributed by atoms with E-state index in [2.05, 4.69) is 16.7 Å². The van der Waals surface area contributed by atoms with Crippen molar-refractivity contribution in [3.05, 3.63) is 29.3 Å². The zero-order valence-electron chi connectivity index (χ0n) is 12.4. The van der Waals surface area contributed by atoms with Crippen molar-refractivity contribution in [1.82, 2.24) is 5.32 Å². The van der Waals surface area contributed by atoms with E-state index >= 15 is 0 Å². The van der Waals surface area contributed by atoms with E-state index in [0.717, 1.165) is 37.2 Å². The van der Waals surface area contributed by atoms with Gasteiger partial charge < -0.3 is 15.4 Å². The third kappa shape index (κ3) is 4.62. The molecule has 1 fully saturated rings. The van der Waals surface area contributed by atoms with E-state index in [1.165, 1.54) is 5.56 Å². The SMILES string of the molecule is Cc1ccc(NC(=O)CCNCC2CCCO2)c(C)c1. The number of hydrogen-bond donors (Lipinski definition) is 2. The van der Waals surface area contributed by atoms with Crippen molar-refractivity contribution in [3.63, 3.8) is 0 Å². The summed E-state index contributed by atoms with van der Waals surface area (Å²) >= 11 is 0. The van der Waals surface area contributed by atoms with Crippen LogP contribution in [0.4, 0.5) is 5.69 Å². The van der Waals surface area contributed by atoms with Crippen molar-refractivity contribution < 1.29 is 9.53 Å². The maximum absolute atomic E-state index is 11.9. The maximum Gasteiger partial charge on any atom is 0.225 e. The molecule has 20 heavy (non-hydrogen) atoms. The summed E-state index contributed by atoms with van der Waals surface area (Å²) < 4.78 is 5.52. The summed E-state index contributed by atoms with van der Waals surface area (Å²) in [6, 6.07) is 6.05. The molecule has 4 heteroatoms. The standard InChI is InChI=1S/C16H24N2O2/c1-12-5-6-15(13(2)10-12)18-16(19)7-8-17-11-14-4-3-9-20-14/h5-6,10,14,17H,3-4,7-9,11H2,1-2H3,(H,18,19). The van der Waals surface area contributed by atoms with E-state index in [9.17, 15) is 4.79 Å². The number of hydrogen-bond acceptors (Lipinski definition) is 3. The topological polar surface area (TPSA) is 50.4 Å². The normalized spacial score (nSPS) is 18.2. The lowest BCUT2D eigenvalue weighted by Crippen LogP contribution is -2.29. The average Bonchev–Trinajstić information content (AvgIpc) is 2.91. The molecule has 1 heterocycles. The molecule has 0 aliphatic carbocycles. The van der Waals surface area contributed by atoms with Gasteiger partial charge in [0.05, 0.1) is 6.10 Å². The minimum absolute atomic E-state index is 0.0526. The van der Waals surface area contributed by atoms with Crippen LogP contribution in [0.3, 0.4) is 0 Å². The van der Waals surface area contributed by atoms with Crippen molar-refractivity contribution >= 4 is 11.6 Å². The van der Waals surface area contributed by atoms with Crippen LogP contribution < -0.4 is 10.6 Å². The number of amides is 1. The lowest BCUT2D eigenvalue weighted by atomic mass is 10.1. The van der Waals surface area contributed by atoms with Gasteiger partial charge in [0.15, 0.2) is 0 Å². The molecule has 1 aliphatic heterocycles. The predicted octanol–water partition coefficient (Wildman–Crippen LogP) is 2.40. The molecule has 0 saturated carbocycles. The molecule has 1 atom stereocenters. The van der Waals surface area contributed by atoms with E-state index in [4.69, 9.17) is 4.74 Å². The van der Waals surface area contributed by atoms with E-state index < -0.39 is 0 Å². The highest BCUT2D eigenvalue weighted by Gasteiger charge is 2.14. The van der Waals surface area contributed by atoms with Crippen LogP contribution in [0, 0.1) is 13.8 Å². The molecule has 1 aromatic carbocycles. The summed E-state index contributed by atoms with van der Waals surface area (Å²) in [6.45, 7) is 6.47. The van der Waals surface area contributed by atoms with Gasteiger partial charge in [-0.2, -0.15) is 0 Å². The summed E-state index contributed by atoms with van der Waals surface area (Å²) in [5.74, 6) is 0.0526. The molecule has 1 aromatic rings. The Kier molecular flexibility index (Phi) is 5.56. The molecule has 0 spiro atoms. The molecule has 0 radical (unpaired) electrons. The third-order valence-electron chi connectivity index (χ3n) is 3.58. The van der Waals surface area contributed by atoms with Gasteiger partial charge in [0.1, 0.15) is 0 Å². The summed E-state index contributed by atoms with van der Waals surface area (Å²) in [5.41, 5.74) is 3.21. The molecule has 0 bridgehead atoms. The maximum atomic E-state index is 11.9. The van der Waals surface area contributed by atoms with Crippen molar-refractivity contribution in [2.24, 2.45) is 0 Å². The fourth-order valence-corrected chi connectivity index (χ4v) is 2.44. The van der Waals surface area contributed by atoms with Gasteiger partial charge >= 0.3 is 0 Å². The van der Waals surface area contributed by atoms with Crippen molar-refractivity contribution in [2.45, 2.75) is 39.2 Å². The number of anilines is 1. The van der Waals surface area contributed by atoms with E-state index in [1.54, 1.807) is 0 Å². The van der Waals surface area contributed by atoms with Gasteiger partial charge in [-0.25, -0.2) is 0 Å². The zero-order valence-corrected chi connectivity index (χ0v) is 12.4. The minimum atomic E-state index is 0.0526. The molecular formula is C16H24N2O2. The summed E-state index contributed by atoms with van der Waals surface area (Å²) in [5, 5.41) is 6.24. The number of aryl methyl sites for hydroxylation is 2. The zero-order chi connectivity index (χ0) is 14.4. The molecular weight excluding hydrogens is 252 g/mol. The molecule has 2 N–H and O–H groups in total. The number of ether oxygens (including phenoxy) is 1. The predicted molar refractivity (Wildman–Crippen MR) is 81.0 cm³/mol. The van der Waals surface area contributed by atoms with Gasteiger partial charge in [-0.15, -0.1) is 0 Å². The Morgan fingerprint density at radius 1 is 1.40 bits per heavy atom. The minimum Gasteiger partial charge on any atom is -0.377 e. The first-order valence-electron chi connectivity index (χ1n) is 7.34. The molecule has 1 saturated heterocycles. The highest BCUT2D eigenvalue weighted by Crippen LogP contribution is 2.16. The molecule has 0 aromatic heterocycles. The number of benzene rings is 1. The first-order chi connectivity index (χ1) is 9.65. The number of rotatable bonds is 6. The largest absolute Gasteiger partial charge is 0.377 e. The first-order valence-corrected chi connectivity index (χ1v) is 7.34. The fourth-order valence-electron chi connectivity index (χ4n) is 2.44. The summed E-state index contributed by atoms with van der Waals surface area (Å²) in [6.07, 6.45) is 3.10. The van der Waals surface area contributed by atoms with Crippen molar-refractivity contribution in [3.8, 4) is 0 Å². The lowest BCUT2D eigenvalue weighted by molar-refractivity contribution is -0.116. The number of carbonyl (C=O) groups is 1. The van der Waals surface area contributed by atoms with Gasteiger partial charge in [0, 0.05) is 31.8 Å². The third-order valence-corrected chi connectivity index (χ3v) is 3.58. The smallest absolute Gasteiger partial charge is 0.225 e. The summed E-state index contributed by atoms with van der Waals surface area (Å²) in [4.78, 5) is 11.9. The molecule has 1 amide bonds. The number of carbonyl (C=O) groups excluding carboxylic acids is 1. The monoisotopic (exact) mass is 276 g/mol. The van der Waals surface area contributed by atoms with Gasteiger partial charge in [0.2, 0.25) is 5.91 Å². The van der Waals surface area contributed by atoms with Crippen molar-refractivity contribution in [2.75, 3.05) is 25.0 Å². The van der Waals surface area contributed by atoms with Crippen LogP contribution in [-0.2, 0) is 9.53 Å². The van der Waals surface area contributed by atoms with Crippen molar-refractivity contribution in [1.29, 1.82) is 0 Å². The molecule has 2 rings (SSSR count). The highest BCUT2D eigenvalue weighted by molar-refractivity contribution is 5.91. The van der Waals surface area contributed by atoms with Crippen LogP contribution in [-0.4, -0.2) is 31.7 Å². The van der Waals surface area contributed by atoms with E-state index in [0.29, 0.717) is 19.1 Å². The Hall–Kier alpha value is -1.39. The average molecular weight is 276 g/mol. The Labute approximate surface area is 120 Å². The van der Waals surface area contributed by atoms with E-state index in [1.807, 2.05) is 26.0 Å². The summed E-state index contributed by atoms with van der Waals surface area (Å²) in [7, 11) is 0. The molecule has 1 unspecified atom stereocenters. The molecule has 4 nitrogen and oxygen atoms in total. The second-order valence-corrected chi connectivity index (χ2v) is 5.46. The molecule has 1 aliphatic rings. The van der Waals surface area contributed by atoms with Gasteiger partial charge in [0.25, 0.3) is 0 Å². The van der Waals surface area contributed by atoms with E-state index in [-0.39, 0.29) is 5.91 Å². The van der Waals surface area contributed by atoms with Gasteiger partial charge in [-0.1, -0.05) is 17.7 Å². The fraction of sp³-hybridized carbons (Fsp3) is 0.562. The van der Waals surface area contributed by atoms with Gasteiger partial charge in [-0.05, 0) is 38.3 Å². The Balaban J connectivity index is 1.67. The van der Waals surface area contributed by atoms with Gasteiger partial charge in [-0.3, -0.25) is 4.79 Å². The van der Waals surface area contributed by atoms with Crippen LogP contribution >= 0.6 is 0 Å². The first kappa shape index (κ1) is 15.0. The van der Waals surface area contributed by atoms with Crippen LogP contribution in [0.5, 0.6) is 0 Å².